The molecule has 5 heteroatoms. The van der Waals surface area contributed by atoms with E-state index in [-0.39, 0.29) is 0 Å². The van der Waals surface area contributed by atoms with E-state index < -0.39 is 0 Å². The van der Waals surface area contributed by atoms with Gasteiger partial charge in [-0.2, -0.15) is 5.26 Å². The molecule has 0 fully saturated rings. The highest BCUT2D eigenvalue weighted by molar-refractivity contribution is 7.18. The molecule has 0 spiro atoms. The van der Waals surface area contributed by atoms with Crippen LogP contribution in [-0.4, -0.2) is 4.98 Å². The quantitative estimate of drug-likeness (QED) is 0.700. The van der Waals surface area contributed by atoms with Gasteiger partial charge in [0.2, 0.25) is 0 Å². The van der Waals surface area contributed by atoms with Crippen LogP contribution in [0.1, 0.15) is 10.6 Å². The van der Waals surface area contributed by atoms with E-state index in [1.54, 1.807) is 23.5 Å². The van der Waals surface area contributed by atoms with Crippen LogP contribution in [-0.2, 0) is 0 Å². The first-order valence-corrected chi connectivity index (χ1v) is 6.91. The minimum Gasteiger partial charge on any atom is -0.397 e. The maximum absolute atomic E-state index is 8.92. The molecule has 0 aliphatic rings. The lowest BCUT2D eigenvalue weighted by Gasteiger charge is -2.09. The molecule has 98 valence electrons. The molecular weight excluding hydrogens is 268 g/mol. The summed E-state index contributed by atoms with van der Waals surface area (Å²) in [5.74, 6) is 0. The Morgan fingerprint density at radius 3 is 2.95 bits per heavy atom. The van der Waals surface area contributed by atoms with Gasteiger partial charge in [0.05, 0.1) is 38.2 Å². The number of rotatable bonds is 2. The molecule has 1 aromatic heterocycles. The van der Waals surface area contributed by atoms with Crippen LogP contribution in [0.2, 0.25) is 0 Å². The molecule has 0 saturated heterocycles. The van der Waals surface area contributed by atoms with Gasteiger partial charge in [0.25, 0.3) is 0 Å². The molecule has 3 N–H and O–H groups in total. The van der Waals surface area contributed by atoms with Gasteiger partial charge in [-0.3, -0.25) is 0 Å². The predicted molar refractivity (Wildman–Crippen MR) is 83.2 cm³/mol. The Balaban J connectivity index is 2.01. The van der Waals surface area contributed by atoms with E-state index in [2.05, 4.69) is 16.4 Å². The van der Waals surface area contributed by atoms with Crippen LogP contribution < -0.4 is 11.1 Å². The molecule has 0 amide bonds. The lowest BCUT2D eigenvalue weighted by Crippen LogP contribution is -1.96. The van der Waals surface area contributed by atoms with Gasteiger partial charge in [-0.25, -0.2) is 4.98 Å². The third kappa shape index (κ3) is 2.29. The normalized spacial score (nSPS) is 10.4. The minimum atomic E-state index is 0.610. The fourth-order valence-electron chi connectivity index (χ4n) is 2.04. The van der Waals surface area contributed by atoms with Gasteiger partial charge in [0.1, 0.15) is 0 Å². The number of nitrogen functional groups attached to an aromatic ring is 1. The van der Waals surface area contributed by atoms with E-state index in [0.29, 0.717) is 11.3 Å². The maximum atomic E-state index is 8.92. The third-order valence-corrected chi connectivity index (χ3v) is 3.87. The summed E-state index contributed by atoms with van der Waals surface area (Å²) in [6.45, 7) is 1.98. The standard InChI is InChI=1S/C15H12N4S/c1-9-18-14-7-13(12(17)6-15(14)20-9)19-11-4-2-3-10(5-11)8-16/h2-7,19H,17H2,1H3. The Kier molecular flexibility index (Phi) is 3.01. The summed E-state index contributed by atoms with van der Waals surface area (Å²) in [7, 11) is 0. The topological polar surface area (TPSA) is 74.7 Å². The van der Waals surface area contributed by atoms with Crippen LogP contribution in [0, 0.1) is 18.3 Å². The van der Waals surface area contributed by atoms with E-state index in [1.807, 2.05) is 31.2 Å². The van der Waals surface area contributed by atoms with Gasteiger partial charge in [-0.15, -0.1) is 11.3 Å². The van der Waals surface area contributed by atoms with Crippen molar-refractivity contribution in [2.75, 3.05) is 11.1 Å². The van der Waals surface area contributed by atoms with E-state index in [0.717, 1.165) is 26.6 Å². The largest absolute Gasteiger partial charge is 0.397 e. The molecule has 3 rings (SSSR count). The van der Waals surface area contributed by atoms with E-state index in [1.165, 1.54) is 0 Å². The fraction of sp³-hybridized carbons (Fsp3) is 0.0667. The van der Waals surface area contributed by atoms with Crippen molar-refractivity contribution in [3.63, 3.8) is 0 Å². The predicted octanol–water partition coefficient (Wildman–Crippen LogP) is 3.80. The number of nitriles is 1. The van der Waals surface area contributed by atoms with Crippen molar-refractivity contribution in [1.29, 1.82) is 5.26 Å². The highest BCUT2D eigenvalue weighted by atomic mass is 32.1. The number of nitrogens with two attached hydrogens (primary N) is 1. The highest BCUT2D eigenvalue weighted by Crippen LogP contribution is 2.31. The van der Waals surface area contributed by atoms with Gasteiger partial charge in [-0.05, 0) is 37.3 Å². The molecule has 1 heterocycles. The molecule has 0 aliphatic heterocycles. The van der Waals surface area contributed by atoms with Gasteiger partial charge in [0, 0.05) is 5.69 Å². The van der Waals surface area contributed by atoms with Crippen molar-refractivity contribution in [3.05, 3.63) is 47.0 Å². The van der Waals surface area contributed by atoms with Crippen molar-refractivity contribution in [2.45, 2.75) is 6.92 Å². The number of thiazole rings is 1. The molecule has 20 heavy (non-hydrogen) atoms. The van der Waals surface area contributed by atoms with E-state index in [4.69, 9.17) is 11.0 Å². The third-order valence-electron chi connectivity index (χ3n) is 2.94. The summed E-state index contributed by atoms with van der Waals surface area (Å²) in [6, 6.07) is 13.3. The van der Waals surface area contributed by atoms with Crippen LogP contribution in [0.25, 0.3) is 10.2 Å². The second-order valence-electron chi connectivity index (χ2n) is 4.46. The first-order chi connectivity index (χ1) is 9.65. The number of anilines is 3. The van der Waals surface area contributed by atoms with Crippen molar-refractivity contribution >= 4 is 38.6 Å². The number of aryl methyl sites for hydroxylation is 1. The summed E-state index contributed by atoms with van der Waals surface area (Å²) in [5.41, 5.74) is 9.92. The van der Waals surface area contributed by atoms with Crippen LogP contribution in [0.15, 0.2) is 36.4 Å². The highest BCUT2D eigenvalue weighted by Gasteiger charge is 2.07. The van der Waals surface area contributed by atoms with E-state index >= 15 is 0 Å². The van der Waals surface area contributed by atoms with E-state index in [9.17, 15) is 0 Å². The lowest BCUT2D eigenvalue weighted by atomic mass is 10.2. The molecule has 0 bridgehead atoms. The van der Waals surface area contributed by atoms with Crippen molar-refractivity contribution in [2.24, 2.45) is 0 Å². The monoisotopic (exact) mass is 280 g/mol. The molecule has 4 nitrogen and oxygen atoms in total. The van der Waals surface area contributed by atoms with Crippen molar-refractivity contribution < 1.29 is 0 Å². The minimum absolute atomic E-state index is 0.610. The number of aromatic nitrogens is 1. The zero-order valence-corrected chi connectivity index (χ0v) is 11.7. The van der Waals surface area contributed by atoms with Gasteiger partial charge >= 0.3 is 0 Å². The lowest BCUT2D eigenvalue weighted by molar-refractivity contribution is 1.35. The fourth-order valence-corrected chi connectivity index (χ4v) is 2.89. The zero-order chi connectivity index (χ0) is 14.1. The molecule has 0 aliphatic carbocycles. The molecule has 0 atom stereocenters. The summed E-state index contributed by atoms with van der Waals surface area (Å²) in [4.78, 5) is 4.46. The Labute approximate surface area is 120 Å². The van der Waals surface area contributed by atoms with Crippen LogP contribution in [0.4, 0.5) is 17.1 Å². The average Bonchev–Trinajstić information content (AvgIpc) is 2.78. The number of fused-ring (bicyclic) bond motifs is 1. The summed E-state index contributed by atoms with van der Waals surface area (Å²) < 4.78 is 1.08. The van der Waals surface area contributed by atoms with Gasteiger partial charge in [0.15, 0.2) is 0 Å². The molecule has 0 radical (unpaired) electrons. The van der Waals surface area contributed by atoms with Gasteiger partial charge < -0.3 is 11.1 Å². The first kappa shape index (κ1) is 12.5. The molecule has 0 unspecified atom stereocenters. The average molecular weight is 280 g/mol. The molecule has 0 saturated carbocycles. The summed E-state index contributed by atoms with van der Waals surface area (Å²) in [5, 5.41) is 13.2. The van der Waals surface area contributed by atoms with Crippen LogP contribution >= 0.6 is 11.3 Å². The van der Waals surface area contributed by atoms with Crippen molar-refractivity contribution in [1.82, 2.24) is 4.98 Å². The molecule has 3 aromatic rings. The second kappa shape index (κ2) is 4.83. The number of hydrogen-bond donors (Lipinski definition) is 2. The van der Waals surface area contributed by atoms with Crippen molar-refractivity contribution in [3.8, 4) is 6.07 Å². The van der Waals surface area contributed by atoms with Gasteiger partial charge in [-0.1, -0.05) is 6.07 Å². The summed E-state index contributed by atoms with van der Waals surface area (Å²) >= 11 is 1.63. The molecule has 2 aromatic carbocycles. The zero-order valence-electron chi connectivity index (χ0n) is 10.8. The first-order valence-electron chi connectivity index (χ1n) is 6.09. The van der Waals surface area contributed by atoms with Crippen LogP contribution in [0.5, 0.6) is 0 Å². The SMILES string of the molecule is Cc1nc2cc(Nc3cccc(C#N)c3)c(N)cc2s1. The Morgan fingerprint density at radius 2 is 2.15 bits per heavy atom. The Hall–Kier alpha value is -2.58. The Morgan fingerprint density at radius 1 is 1.30 bits per heavy atom. The second-order valence-corrected chi connectivity index (χ2v) is 5.69. The number of benzene rings is 2. The number of hydrogen-bond acceptors (Lipinski definition) is 5. The summed E-state index contributed by atoms with van der Waals surface area (Å²) in [6.07, 6.45) is 0. The maximum Gasteiger partial charge on any atom is 0.0992 e. The number of nitrogens with zero attached hydrogens (tertiary/aromatic N) is 2. The molecular formula is C15H12N4S. The smallest absolute Gasteiger partial charge is 0.0992 e. The number of nitrogens with one attached hydrogen (secondary N) is 1. The Bertz CT molecular complexity index is 829. The van der Waals surface area contributed by atoms with Crippen LogP contribution in [0.3, 0.4) is 0 Å².